The molecule has 0 fully saturated rings. The van der Waals surface area contributed by atoms with E-state index in [9.17, 15) is 18.0 Å². The molecule has 1 aliphatic rings. The number of benzene rings is 2. The molecule has 1 aromatic heterocycles. The van der Waals surface area contributed by atoms with Crippen molar-refractivity contribution in [1.82, 2.24) is 4.57 Å². The molecule has 2 nitrogen and oxygen atoms in total. The van der Waals surface area contributed by atoms with Crippen molar-refractivity contribution >= 4 is 17.2 Å². The van der Waals surface area contributed by atoms with Crippen LogP contribution in [-0.4, -0.2) is 10.9 Å². The van der Waals surface area contributed by atoms with Gasteiger partial charge in [-0.2, -0.15) is 13.2 Å². The van der Waals surface area contributed by atoms with E-state index in [1.807, 2.05) is 0 Å². The first-order valence-corrected chi connectivity index (χ1v) is 11.5. The zero-order chi connectivity index (χ0) is 23.0. The van der Waals surface area contributed by atoms with Gasteiger partial charge >= 0.3 is 6.18 Å². The molecule has 32 heavy (non-hydrogen) atoms. The fraction of sp³-hybridized carbons (Fsp3) is 0.444. The molecule has 2 atom stereocenters. The summed E-state index contributed by atoms with van der Waals surface area (Å²) in [4.78, 5) is 12.1. The lowest BCUT2D eigenvalue weighted by Gasteiger charge is -2.28. The highest BCUT2D eigenvalue weighted by atomic mass is 19.4. The molecule has 0 aliphatic heterocycles. The zero-order valence-corrected chi connectivity index (χ0v) is 18.9. The second kappa shape index (κ2) is 8.76. The molecule has 1 heterocycles. The molecule has 5 heteroatoms. The van der Waals surface area contributed by atoms with Crippen LogP contribution >= 0.6 is 0 Å². The summed E-state index contributed by atoms with van der Waals surface area (Å²) in [5, 5.41) is 1.19. The third kappa shape index (κ3) is 3.98. The number of carbonyl (C=O) groups excluding carboxylic acids is 1. The van der Waals surface area contributed by atoms with E-state index >= 15 is 0 Å². The van der Waals surface area contributed by atoms with Gasteiger partial charge in [-0.3, -0.25) is 0 Å². The third-order valence-electron chi connectivity index (χ3n) is 6.79. The van der Waals surface area contributed by atoms with E-state index in [0.717, 1.165) is 55.2 Å². The summed E-state index contributed by atoms with van der Waals surface area (Å²) >= 11 is 0. The lowest BCUT2D eigenvalue weighted by atomic mass is 9.86. The van der Waals surface area contributed by atoms with E-state index in [2.05, 4.69) is 43.5 Å². The summed E-state index contributed by atoms with van der Waals surface area (Å²) in [5.74, 6) is 0.215. The molecule has 0 amide bonds. The van der Waals surface area contributed by atoms with Gasteiger partial charge in [0.05, 0.1) is 17.5 Å². The Morgan fingerprint density at radius 2 is 1.78 bits per heavy atom. The Balaban J connectivity index is 1.95. The van der Waals surface area contributed by atoms with Crippen LogP contribution in [0.5, 0.6) is 0 Å². The van der Waals surface area contributed by atoms with Gasteiger partial charge in [-0.05, 0) is 72.6 Å². The van der Waals surface area contributed by atoms with Gasteiger partial charge in [-0.25, -0.2) is 0 Å². The Morgan fingerprint density at radius 3 is 2.38 bits per heavy atom. The average molecular weight is 442 g/mol. The Labute approximate surface area is 187 Å². The number of fused-ring (bicyclic) bond motifs is 3. The number of aryl methyl sites for hydroxylation is 1. The molecule has 0 N–H and O–H groups in total. The number of alkyl halides is 3. The fourth-order valence-electron chi connectivity index (χ4n) is 5.16. The SMILES string of the molecule is CCC[C@@H](c1ccc(C(F)(F)F)cc1)n1c2c(c3cc(C(C)C)ccc31)CCCC2C=O. The molecule has 0 spiro atoms. The minimum atomic E-state index is -4.35. The van der Waals surface area contributed by atoms with Crippen molar-refractivity contribution < 1.29 is 18.0 Å². The van der Waals surface area contributed by atoms with Crippen LogP contribution in [0.4, 0.5) is 13.2 Å². The first-order chi connectivity index (χ1) is 15.3. The third-order valence-corrected chi connectivity index (χ3v) is 6.79. The van der Waals surface area contributed by atoms with Crippen LogP contribution in [0, 0.1) is 0 Å². The molecule has 0 bridgehead atoms. The highest BCUT2D eigenvalue weighted by Gasteiger charge is 2.33. The Hall–Kier alpha value is -2.56. The molecule has 1 aliphatic carbocycles. The molecule has 1 unspecified atom stereocenters. The summed E-state index contributed by atoms with van der Waals surface area (Å²) in [6, 6.07) is 12.0. The van der Waals surface area contributed by atoms with Crippen molar-refractivity contribution in [2.45, 2.75) is 76.9 Å². The maximum Gasteiger partial charge on any atom is 0.416 e. The van der Waals surface area contributed by atoms with Crippen LogP contribution in [0.1, 0.15) is 92.3 Å². The molecule has 3 aromatic rings. The molecule has 0 saturated carbocycles. The number of carbonyl (C=O) groups is 1. The van der Waals surface area contributed by atoms with Crippen molar-refractivity contribution in [2.24, 2.45) is 0 Å². The van der Waals surface area contributed by atoms with Crippen molar-refractivity contribution in [3.8, 4) is 0 Å². The summed E-state index contributed by atoms with van der Waals surface area (Å²) in [7, 11) is 0. The van der Waals surface area contributed by atoms with Gasteiger partial charge in [-0.1, -0.05) is 45.4 Å². The van der Waals surface area contributed by atoms with E-state index in [-0.39, 0.29) is 12.0 Å². The lowest BCUT2D eigenvalue weighted by Crippen LogP contribution is -2.20. The molecule has 170 valence electrons. The molecule has 2 aromatic carbocycles. The van der Waals surface area contributed by atoms with E-state index < -0.39 is 11.7 Å². The van der Waals surface area contributed by atoms with E-state index in [1.165, 1.54) is 28.6 Å². The van der Waals surface area contributed by atoms with Gasteiger partial charge in [-0.15, -0.1) is 0 Å². The topological polar surface area (TPSA) is 22.0 Å². The monoisotopic (exact) mass is 441 g/mol. The summed E-state index contributed by atoms with van der Waals surface area (Å²) < 4.78 is 41.7. The first-order valence-electron chi connectivity index (χ1n) is 11.5. The fourth-order valence-corrected chi connectivity index (χ4v) is 5.16. The number of halogens is 3. The first kappa shape index (κ1) is 22.6. The number of hydrogen-bond donors (Lipinski definition) is 0. The van der Waals surface area contributed by atoms with Gasteiger partial charge in [0, 0.05) is 16.6 Å². The van der Waals surface area contributed by atoms with Crippen molar-refractivity contribution in [3.05, 3.63) is 70.4 Å². The number of hydrogen-bond acceptors (Lipinski definition) is 1. The number of rotatable bonds is 6. The van der Waals surface area contributed by atoms with Crippen LogP contribution in [0.25, 0.3) is 10.9 Å². The Bertz CT molecular complexity index is 1110. The number of aromatic nitrogens is 1. The van der Waals surface area contributed by atoms with Crippen LogP contribution in [0.15, 0.2) is 42.5 Å². The highest BCUT2D eigenvalue weighted by Crippen LogP contribution is 2.43. The lowest BCUT2D eigenvalue weighted by molar-refractivity contribution is -0.137. The van der Waals surface area contributed by atoms with E-state index in [0.29, 0.717) is 5.92 Å². The van der Waals surface area contributed by atoms with Gasteiger partial charge in [0.25, 0.3) is 0 Å². The molecule has 4 rings (SSSR count). The summed E-state index contributed by atoms with van der Waals surface area (Å²) in [6.07, 6.45) is 1.09. The number of aldehydes is 1. The van der Waals surface area contributed by atoms with E-state index in [4.69, 9.17) is 0 Å². The van der Waals surface area contributed by atoms with Crippen LogP contribution in [0.3, 0.4) is 0 Å². The molecular weight excluding hydrogens is 411 g/mol. The van der Waals surface area contributed by atoms with Crippen LogP contribution in [0.2, 0.25) is 0 Å². The molecular formula is C27H30F3NO. The molecule has 0 radical (unpaired) electrons. The van der Waals surface area contributed by atoms with Crippen LogP contribution in [-0.2, 0) is 17.4 Å². The zero-order valence-electron chi connectivity index (χ0n) is 18.9. The van der Waals surface area contributed by atoms with Crippen molar-refractivity contribution in [1.29, 1.82) is 0 Å². The second-order valence-corrected chi connectivity index (χ2v) is 9.22. The van der Waals surface area contributed by atoms with E-state index in [1.54, 1.807) is 12.1 Å². The quantitative estimate of drug-likeness (QED) is 0.358. The van der Waals surface area contributed by atoms with Gasteiger partial charge in [0.15, 0.2) is 0 Å². The summed E-state index contributed by atoms with van der Waals surface area (Å²) in [6.45, 7) is 6.42. The second-order valence-electron chi connectivity index (χ2n) is 9.22. The molecule has 0 saturated heterocycles. The normalized spacial score (nSPS) is 17.5. The average Bonchev–Trinajstić information content (AvgIpc) is 3.10. The van der Waals surface area contributed by atoms with Gasteiger partial charge < -0.3 is 9.36 Å². The van der Waals surface area contributed by atoms with Crippen LogP contribution < -0.4 is 0 Å². The maximum absolute atomic E-state index is 13.1. The number of nitrogens with zero attached hydrogens (tertiary/aromatic N) is 1. The minimum absolute atomic E-state index is 0.112. The highest BCUT2D eigenvalue weighted by molar-refractivity contribution is 5.88. The smallest absolute Gasteiger partial charge is 0.336 e. The maximum atomic E-state index is 13.1. The standard InChI is InChI=1S/C27H30F3NO/c1-4-6-24(18-9-12-21(13-10-18)27(28,29)30)31-25-14-11-19(17(2)3)15-23(25)22-8-5-7-20(16-32)26(22)31/h9-17,20,24H,4-8H2,1-3H3/t20?,24-/m0/s1. The predicted octanol–water partition coefficient (Wildman–Crippen LogP) is 7.79. The van der Waals surface area contributed by atoms with Gasteiger partial charge in [0.2, 0.25) is 0 Å². The van der Waals surface area contributed by atoms with Crippen molar-refractivity contribution in [2.75, 3.05) is 0 Å². The summed E-state index contributed by atoms with van der Waals surface area (Å²) in [5.41, 5.74) is 4.84. The predicted molar refractivity (Wildman–Crippen MR) is 122 cm³/mol. The Kier molecular flexibility index (Phi) is 6.19. The van der Waals surface area contributed by atoms with Crippen molar-refractivity contribution in [3.63, 3.8) is 0 Å². The van der Waals surface area contributed by atoms with Gasteiger partial charge in [0.1, 0.15) is 6.29 Å². The Morgan fingerprint density at radius 1 is 1.09 bits per heavy atom. The minimum Gasteiger partial charge on any atom is -0.336 e. The largest absolute Gasteiger partial charge is 0.416 e.